The van der Waals surface area contributed by atoms with E-state index in [-0.39, 0.29) is 12.4 Å². The maximum atomic E-state index is 12.8. The highest BCUT2D eigenvalue weighted by Gasteiger charge is 2.19. The average molecular weight is 441 g/mol. The number of hydrogen-bond donors (Lipinski definition) is 0. The van der Waals surface area contributed by atoms with Crippen molar-refractivity contribution in [2.24, 2.45) is 0 Å². The number of carbonyl (C=O) groups is 1. The monoisotopic (exact) mass is 440 g/mol. The van der Waals surface area contributed by atoms with Crippen LogP contribution < -0.4 is 4.74 Å². The van der Waals surface area contributed by atoms with Gasteiger partial charge in [0.05, 0.1) is 10.9 Å². The van der Waals surface area contributed by atoms with E-state index in [4.69, 9.17) is 9.26 Å². The summed E-state index contributed by atoms with van der Waals surface area (Å²) >= 11 is 3.43. The number of halogens is 1. The van der Waals surface area contributed by atoms with Crippen LogP contribution >= 0.6 is 15.9 Å². The van der Waals surface area contributed by atoms with Crippen molar-refractivity contribution >= 4 is 32.6 Å². The van der Waals surface area contributed by atoms with Gasteiger partial charge in [-0.2, -0.15) is 0 Å². The Labute approximate surface area is 169 Å². The van der Waals surface area contributed by atoms with Crippen molar-refractivity contribution in [2.45, 2.75) is 20.8 Å². The number of fused-ring (bicyclic) bond motifs is 1. The number of aryl methyl sites for hydroxylation is 2. The Bertz CT molecular complexity index is 1200. The minimum Gasteiger partial charge on any atom is -0.469 e. The predicted octanol–water partition coefficient (Wildman–Crippen LogP) is 4.36. The summed E-state index contributed by atoms with van der Waals surface area (Å²) in [6.07, 6.45) is 1.43. The van der Waals surface area contributed by atoms with E-state index in [2.05, 4.69) is 31.1 Å². The first-order chi connectivity index (χ1) is 13.4. The fourth-order valence-electron chi connectivity index (χ4n) is 3.19. The van der Waals surface area contributed by atoms with Crippen LogP contribution in [-0.2, 0) is 0 Å². The molecule has 0 bridgehead atoms. The number of ether oxygens (including phenoxy) is 1. The van der Waals surface area contributed by atoms with E-state index in [9.17, 15) is 4.79 Å². The SMILES string of the molecule is Cc1cc(-n2c(C)cc(C(=O)COc3ncnc4ccc(Br)cc34)c2C)no1. The molecular formula is C20H17BrN4O3. The minimum absolute atomic E-state index is 0.124. The van der Waals surface area contributed by atoms with Gasteiger partial charge in [-0.25, -0.2) is 9.97 Å². The van der Waals surface area contributed by atoms with E-state index < -0.39 is 0 Å². The lowest BCUT2D eigenvalue weighted by Crippen LogP contribution is -2.13. The molecule has 0 N–H and O–H groups in total. The van der Waals surface area contributed by atoms with Gasteiger partial charge in [-0.1, -0.05) is 21.1 Å². The van der Waals surface area contributed by atoms with Gasteiger partial charge < -0.3 is 9.26 Å². The molecule has 4 aromatic rings. The Morgan fingerprint density at radius 2 is 2.00 bits per heavy atom. The predicted molar refractivity (Wildman–Crippen MR) is 107 cm³/mol. The van der Waals surface area contributed by atoms with Crippen molar-refractivity contribution in [1.82, 2.24) is 19.7 Å². The topological polar surface area (TPSA) is 83.0 Å². The molecule has 0 saturated heterocycles. The van der Waals surface area contributed by atoms with Crippen molar-refractivity contribution in [2.75, 3.05) is 6.61 Å². The van der Waals surface area contributed by atoms with Gasteiger partial charge in [0.1, 0.15) is 12.1 Å². The van der Waals surface area contributed by atoms with Gasteiger partial charge in [0.25, 0.3) is 0 Å². The van der Waals surface area contributed by atoms with Crippen molar-refractivity contribution in [3.63, 3.8) is 0 Å². The lowest BCUT2D eigenvalue weighted by molar-refractivity contribution is 0.0918. The highest BCUT2D eigenvalue weighted by atomic mass is 79.9. The Kier molecular flexibility index (Phi) is 4.72. The van der Waals surface area contributed by atoms with Gasteiger partial charge in [-0.3, -0.25) is 9.36 Å². The molecule has 0 fully saturated rings. The van der Waals surface area contributed by atoms with Gasteiger partial charge in [0, 0.05) is 27.5 Å². The third-order valence-corrected chi connectivity index (χ3v) is 4.97. The van der Waals surface area contributed by atoms with Gasteiger partial charge in [0.15, 0.2) is 12.4 Å². The zero-order chi connectivity index (χ0) is 19.8. The number of Topliss-reactive ketones (excluding diaryl/α,β-unsaturated/α-hetero) is 1. The molecule has 0 saturated carbocycles. The maximum Gasteiger partial charge on any atom is 0.224 e. The molecule has 0 radical (unpaired) electrons. The number of nitrogens with zero attached hydrogens (tertiary/aromatic N) is 4. The van der Waals surface area contributed by atoms with E-state index in [0.717, 1.165) is 26.8 Å². The number of aromatic nitrogens is 4. The standard InChI is InChI=1S/C20H17BrN4O3/c1-11-6-15(13(3)25(11)19-7-12(2)28-24-19)18(26)9-27-20-16-8-14(21)4-5-17(16)22-10-23-20/h4-8,10H,9H2,1-3H3. The van der Waals surface area contributed by atoms with Crippen LogP contribution in [0.1, 0.15) is 27.5 Å². The van der Waals surface area contributed by atoms with Crippen molar-refractivity contribution in [3.8, 4) is 11.7 Å². The molecule has 1 aromatic carbocycles. The highest BCUT2D eigenvalue weighted by molar-refractivity contribution is 9.10. The molecule has 4 rings (SSSR count). The van der Waals surface area contributed by atoms with Crippen LogP contribution in [0.4, 0.5) is 0 Å². The number of benzene rings is 1. The molecule has 0 aliphatic heterocycles. The summed E-state index contributed by atoms with van der Waals surface area (Å²) in [6.45, 7) is 5.50. The summed E-state index contributed by atoms with van der Waals surface area (Å²) in [7, 11) is 0. The van der Waals surface area contributed by atoms with Gasteiger partial charge >= 0.3 is 0 Å². The first-order valence-corrected chi connectivity index (χ1v) is 9.42. The third-order valence-electron chi connectivity index (χ3n) is 4.48. The van der Waals surface area contributed by atoms with Gasteiger partial charge in [0.2, 0.25) is 11.7 Å². The van der Waals surface area contributed by atoms with E-state index in [1.165, 1.54) is 6.33 Å². The minimum atomic E-state index is -0.138. The molecule has 142 valence electrons. The summed E-state index contributed by atoms with van der Waals surface area (Å²) in [6, 6.07) is 9.29. The van der Waals surface area contributed by atoms with E-state index in [1.54, 1.807) is 0 Å². The van der Waals surface area contributed by atoms with Gasteiger partial charge in [-0.05, 0) is 45.0 Å². The molecule has 0 amide bonds. The lowest BCUT2D eigenvalue weighted by atomic mass is 10.1. The summed E-state index contributed by atoms with van der Waals surface area (Å²) in [4.78, 5) is 21.2. The number of ketones is 1. The number of hydrogen-bond acceptors (Lipinski definition) is 6. The average Bonchev–Trinajstić information content (AvgIpc) is 3.22. The Balaban J connectivity index is 1.59. The summed E-state index contributed by atoms with van der Waals surface area (Å²) in [5.41, 5.74) is 3.01. The van der Waals surface area contributed by atoms with Crippen LogP contribution in [0, 0.1) is 20.8 Å². The number of carbonyl (C=O) groups excluding carboxylic acids is 1. The summed E-state index contributed by atoms with van der Waals surface area (Å²) in [5.74, 6) is 1.60. The van der Waals surface area contributed by atoms with Crippen LogP contribution in [-0.4, -0.2) is 32.1 Å². The molecule has 8 heteroatoms. The second-order valence-electron chi connectivity index (χ2n) is 6.47. The first kappa shape index (κ1) is 18.4. The zero-order valence-corrected chi connectivity index (χ0v) is 17.1. The second kappa shape index (κ2) is 7.20. The van der Waals surface area contributed by atoms with Crippen molar-refractivity contribution < 1.29 is 14.1 Å². The Morgan fingerprint density at radius 1 is 1.18 bits per heavy atom. The fraction of sp³-hybridized carbons (Fsp3) is 0.200. The second-order valence-corrected chi connectivity index (χ2v) is 7.38. The zero-order valence-electron chi connectivity index (χ0n) is 15.6. The molecule has 7 nitrogen and oxygen atoms in total. The molecule has 3 heterocycles. The molecule has 28 heavy (non-hydrogen) atoms. The van der Waals surface area contributed by atoms with Crippen LogP contribution in [0.15, 0.2) is 45.7 Å². The Hall–Kier alpha value is -3.00. The highest BCUT2D eigenvalue weighted by Crippen LogP contribution is 2.26. The van der Waals surface area contributed by atoms with Crippen molar-refractivity contribution in [1.29, 1.82) is 0 Å². The molecule has 0 aliphatic rings. The third kappa shape index (κ3) is 3.31. The molecule has 0 unspecified atom stereocenters. The fourth-order valence-corrected chi connectivity index (χ4v) is 3.55. The van der Waals surface area contributed by atoms with Crippen LogP contribution in [0.5, 0.6) is 5.88 Å². The van der Waals surface area contributed by atoms with Crippen molar-refractivity contribution in [3.05, 3.63) is 63.8 Å². The normalized spacial score (nSPS) is 11.1. The van der Waals surface area contributed by atoms with E-state index in [0.29, 0.717) is 23.0 Å². The van der Waals surface area contributed by atoms with E-state index in [1.807, 2.05) is 55.7 Å². The molecule has 0 atom stereocenters. The van der Waals surface area contributed by atoms with Gasteiger partial charge in [-0.15, -0.1) is 0 Å². The van der Waals surface area contributed by atoms with Crippen LogP contribution in [0.25, 0.3) is 16.7 Å². The largest absolute Gasteiger partial charge is 0.469 e. The first-order valence-electron chi connectivity index (χ1n) is 8.63. The molecule has 0 aliphatic carbocycles. The smallest absolute Gasteiger partial charge is 0.224 e. The van der Waals surface area contributed by atoms with E-state index >= 15 is 0 Å². The Morgan fingerprint density at radius 3 is 2.75 bits per heavy atom. The molecular weight excluding hydrogens is 424 g/mol. The summed E-state index contributed by atoms with van der Waals surface area (Å²) in [5, 5.41) is 4.78. The number of rotatable bonds is 5. The summed E-state index contributed by atoms with van der Waals surface area (Å²) < 4.78 is 13.7. The molecule has 0 spiro atoms. The molecule has 3 aromatic heterocycles. The lowest BCUT2D eigenvalue weighted by Gasteiger charge is -2.08. The van der Waals surface area contributed by atoms with Crippen LogP contribution in [0.2, 0.25) is 0 Å². The quantitative estimate of drug-likeness (QED) is 0.428. The maximum absolute atomic E-state index is 12.8. The van der Waals surface area contributed by atoms with Crippen LogP contribution in [0.3, 0.4) is 0 Å².